The molecule has 0 N–H and O–H groups in total. The van der Waals surface area contributed by atoms with Crippen LogP contribution >= 0.6 is 11.3 Å². The molecule has 0 amide bonds. The second-order valence-electron chi connectivity index (χ2n) is 4.12. The highest BCUT2D eigenvalue weighted by atomic mass is 32.1. The first kappa shape index (κ1) is 12.8. The van der Waals surface area contributed by atoms with Crippen LogP contribution in [0.25, 0.3) is 11.0 Å². The molecular formula is C13H16N2O2S. The van der Waals surface area contributed by atoms with Gasteiger partial charge in [-0.3, -0.25) is 4.40 Å². The number of nitrogens with zero attached hydrogens (tertiary/aromatic N) is 2. The average Bonchev–Trinajstić information content (AvgIpc) is 2.77. The van der Waals surface area contributed by atoms with Crippen LogP contribution in [0.15, 0.2) is 11.8 Å². The summed E-state index contributed by atoms with van der Waals surface area (Å²) in [5, 5.41) is 0. The molecule has 2 aromatic rings. The maximum absolute atomic E-state index is 11.6. The van der Waals surface area contributed by atoms with E-state index >= 15 is 0 Å². The minimum Gasteiger partial charge on any atom is -0.463 e. The van der Waals surface area contributed by atoms with Crippen LogP contribution in [0.4, 0.5) is 0 Å². The SMILES string of the molecule is CCOC(=O)C(C)=Cc1c(C)nc2sc(C)cn12. The maximum Gasteiger partial charge on any atom is 0.333 e. The summed E-state index contributed by atoms with van der Waals surface area (Å²) in [6.07, 6.45) is 3.86. The fourth-order valence-electron chi connectivity index (χ4n) is 1.76. The summed E-state index contributed by atoms with van der Waals surface area (Å²) in [6.45, 7) is 7.94. The zero-order valence-electron chi connectivity index (χ0n) is 11.0. The summed E-state index contributed by atoms with van der Waals surface area (Å²) >= 11 is 1.64. The van der Waals surface area contributed by atoms with Crippen LogP contribution in [0.2, 0.25) is 0 Å². The quantitative estimate of drug-likeness (QED) is 0.632. The first-order valence-corrected chi connectivity index (χ1v) is 6.65. The Morgan fingerprint density at radius 3 is 2.94 bits per heavy atom. The van der Waals surface area contributed by atoms with Gasteiger partial charge >= 0.3 is 5.97 Å². The number of aromatic nitrogens is 2. The van der Waals surface area contributed by atoms with Crippen molar-refractivity contribution in [3.8, 4) is 0 Å². The number of imidazole rings is 1. The van der Waals surface area contributed by atoms with E-state index in [0.717, 1.165) is 16.3 Å². The largest absolute Gasteiger partial charge is 0.463 e. The van der Waals surface area contributed by atoms with Gasteiger partial charge in [-0.15, -0.1) is 11.3 Å². The number of carbonyl (C=O) groups excluding carboxylic acids is 1. The molecule has 0 spiro atoms. The average molecular weight is 264 g/mol. The highest BCUT2D eigenvalue weighted by molar-refractivity contribution is 7.17. The maximum atomic E-state index is 11.6. The normalized spacial score (nSPS) is 12.1. The Hall–Kier alpha value is -1.62. The van der Waals surface area contributed by atoms with Crippen LogP contribution in [0.3, 0.4) is 0 Å². The number of hydrogen-bond donors (Lipinski definition) is 0. The van der Waals surface area contributed by atoms with E-state index in [4.69, 9.17) is 4.74 Å². The van der Waals surface area contributed by atoms with Crippen LogP contribution in [0, 0.1) is 13.8 Å². The fraction of sp³-hybridized carbons (Fsp3) is 0.385. The van der Waals surface area contributed by atoms with Gasteiger partial charge in [0.1, 0.15) is 0 Å². The predicted octanol–water partition coefficient (Wildman–Crippen LogP) is 2.98. The van der Waals surface area contributed by atoms with Gasteiger partial charge in [0.05, 0.1) is 18.0 Å². The van der Waals surface area contributed by atoms with Crippen LogP contribution in [0.1, 0.15) is 30.1 Å². The molecule has 0 saturated carbocycles. The third-order valence-corrected chi connectivity index (χ3v) is 3.51. The predicted molar refractivity (Wildman–Crippen MR) is 72.8 cm³/mol. The highest BCUT2D eigenvalue weighted by Crippen LogP contribution is 2.22. The Balaban J connectivity index is 2.44. The summed E-state index contributed by atoms with van der Waals surface area (Å²) in [7, 11) is 0. The molecule has 0 aliphatic carbocycles. The zero-order valence-corrected chi connectivity index (χ0v) is 11.8. The number of esters is 1. The van der Waals surface area contributed by atoms with Crippen LogP contribution < -0.4 is 0 Å². The number of fused-ring (bicyclic) bond motifs is 1. The van der Waals surface area contributed by atoms with Gasteiger partial charge in [0.2, 0.25) is 0 Å². The Morgan fingerprint density at radius 1 is 1.56 bits per heavy atom. The molecule has 2 rings (SSSR count). The van der Waals surface area contributed by atoms with Crippen molar-refractivity contribution in [2.45, 2.75) is 27.7 Å². The van der Waals surface area contributed by atoms with Gasteiger partial charge in [-0.25, -0.2) is 9.78 Å². The van der Waals surface area contributed by atoms with Gasteiger partial charge in [0.15, 0.2) is 4.96 Å². The minimum absolute atomic E-state index is 0.279. The van der Waals surface area contributed by atoms with Gasteiger partial charge in [0, 0.05) is 16.6 Å². The molecule has 0 atom stereocenters. The lowest BCUT2D eigenvalue weighted by molar-refractivity contribution is -0.138. The van der Waals surface area contributed by atoms with E-state index in [9.17, 15) is 4.79 Å². The van der Waals surface area contributed by atoms with Crippen molar-refractivity contribution in [3.63, 3.8) is 0 Å². The van der Waals surface area contributed by atoms with E-state index in [2.05, 4.69) is 4.98 Å². The van der Waals surface area contributed by atoms with Gasteiger partial charge in [0.25, 0.3) is 0 Å². The number of thiazole rings is 1. The summed E-state index contributed by atoms with van der Waals surface area (Å²) < 4.78 is 6.99. The molecule has 5 heteroatoms. The van der Waals surface area contributed by atoms with Gasteiger partial charge in [-0.05, 0) is 33.8 Å². The first-order valence-electron chi connectivity index (χ1n) is 5.83. The number of hydrogen-bond acceptors (Lipinski definition) is 4. The van der Waals surface area contributed by atoms with Crippen molar-refractivity contribution < 1.29 is 9.53 Å². The minimum atomic E-state index is -0.279. The third-order valence-electron chi connectivity index (χ3n) is 2.61. The smallest absolute Gasteiger partial charge is 0.333 e. The zero-order chi connectivity index (χ0) is 13.3. The number of carbonyl (C=O) groups is 1. The van der Waals surface area contributed by atoms with Crippen molar-refractivity contribution in [1.29, 1.82) is 0 Å². The molecule has 0 aliphatic heterocycles. The summed E-state index contributed by atoms with van der Waals surface area (Å²) in [5.74, 6) is -0.279. The van der Waals surface area contributed by atoms with E-state index < -0.39 is 0 Å². The molecule has 4 nitrogen and oxygen atoms in total. The molecule has 0 saturated heterocycles. The van der Waals surface area contributed by atoms with E-state index in [1.807, 2.05) is 30.5 Å². The lowest BCUT2D eigenvalue weighted by Gasteiger charge is -2.01. The molecule has 18 heavy (non-hydrogen) atoms. The third kappa shape index (κ3) is 2.31. The Kier molecular flexibility index (Phi) is 3.52. The monoisotopic (exact) mass is 264 g/mol. The Morgan fingerprint density at radius 2 is 2.28 bits per heavy atom. The van der Waals surface area contributed by atoms with E-state index in [1.165, 1.54) is 4.88 Å². The lowest BCUT2D eigenvalue weighted by atomic mass is 10.2. The van der Waals surface area contributed by atoms with Crippen molar-refractivity contribution >= 4 is 28.3 Å². The van der Waals surface area contributed by atoms with Gasteiger partial charge in [-0.2, -0.15) is 0 Å². The molecular weight excluding hydrogens is 248 g/mol. The summed E-state index contributed by atoms with van der Waals surface area (Å²) in [6, 6.07) is 0. The Bertz CT molecular complexity index is 622. The van der Waals surface area contributed by atoms with E-state index in [1.54, 1.807) is 25.2 Å². The van der Waals surface area contributed by atoms with Gasteiger partial charge in [-0.1, -0.05) is 0 Å². The molecule has 0 radical (unpaired) electrons. The van der Waals surface area contributed by atoms with E-state index in [0.29, 0.717) is 12.2 Å². The molecule has 0 unspecified atom stereocenters. The second kappa shape index (κ2) is 4.94. The number of ether oxygens (including phenoxy) is 1. The van der Waals surface area contributed by atoms with Crippen LogP contribution in [0.5, 0.6) is 0 Å². The Labute approximate surface area is 110 Å². The second-order valence-corrected chi connectivity index (χ2v) is 5.34. The molecule has 0 bridgehead atoms. The molecule has 2 aromatic heterocycles. The molecule has 2 heterocycles. The molecule has 0 aromatic carbocycles. The lowest BCUT2D eigenvalue weighted by Crippen LogP contribution is -2.05. The van der Waals surface area contributed by atoms with Crippen molar-refractivity contribution in [3.05, 3.63) is 28.0 Å². The number of aryl methyl sites for hydroxylation is 2. The molecule has 96 valence electrons. The first-order chi connectivity index (χ1) is 8.52. The highest BCUT2D eigenvalue weighted by Gasteiger charge is 2.11. The van der Waals surface area contributed by atoms with E-state index in [-0.39, 0.29) is 5.97 Å². The topological polar surface area (TPSA) is 43.6 Å². The summed E-state index contributed by atoms with van der Waals surface area (Å²) in [4.78, 5) is 18.2. The molecule has 0 aliphatic rings. The van der Waals surface area contributed by atoms with Crippen LogP contribution in [-0.2, 0) is 9.53 Å². The van der Waals surface area contributed by atoms with Crippen molar-refractivity contribution in [1.82, 2.24) is 9.38 Å². The van der Waals surface area contributed by atoms with Crippen molar-refractivity contribution in [2.75, 3.05) is 6.61 Å². The fourth-order valence-corrected chi connectivity index (χ4v) is 2.64. The summed E-state index contributed by atoms with van der Waals surface area (Å²) in [5.41, 5.74) is 2.45. The van der Waals surface area contributed by atoms with Crippen LogP contribution in [-0.4, -0.2) is 22.0 Å². The van der Waals surface area contributed by atoms with Crippen molar-refractivity contribution in [2.24, 2.45) is 0 Å². The number of rotatable bonds is 3. The standard InChI is InChI=1S/C13H16N2O2S/c1-5-17-12(16)8(2)6-11-10(4)14-13-15(11)7-9(3)18-13/h6-7H,5H2,1-4H3. The van der Waals surface area contributed by atoms with Gasteiger partial charge < -0.3 is 4.74 Å². The molecule has 0 fully saturated rings.